The molecule has 0 bridgehead atoms. The Hall–Kier alpha value is -0.130. The standard InChI is InChI=1S/C13H26N2O2S/c1-3-10-4-6-11(7-5-10)15(2)13-9-18(16,17)8-12(13)14/h10-13H,3-9,14H2,1-2H3. The summed E-state index contributed by atoms with van der Waals surface area (Å²) in [6.07, 6.45) is 6.21. The number of rotatable bonds is 3. The van der Waals surface area contributed by atoms with Crippen molar-refractivity contribution in [3.63, 3.8) is 0 Å². The summed E-state index contributed by atoms with van der Waals surface area (Å²) in [6, 6.07) is 0.347. The molecule has 0 radical (unpaired) electrons. The second-order valence-corrected chi connectivity index (χ2v) is 8.21. The highest BCUT2D eigenvalue weighted by atomic mass is 32.2. The lowest BCUT2D eigenvalue weighted by molar-refractivity contribution is 0.122. The van der Waals surface area contributed by atoms with Crippen LogP contribution >= 0.6 is 0 Å². The molecule has 0 aromatic carbocycles. The Kier molecular flexibility index (Phi) is 4.34. The molecule has 2 aliphatic rings. The van der Waals surface area contributed by atoms with E-state index >= 15 is 0 Å². The van der Waals surface area contributed by atoms with E-state index in [2.05, 4.69) is 18.9 Å². The summed E-state index contributed by atoms with van der Waals surface area (Å²) in [6.45, 7) is 2.26. The van der Waals surface area contributed by atoms with Gasteiger partial charge in [-0.15, -0.1) is 0 Å². The molecule has 18 heavy (non-hydrogen) atoms. The van der Waals surface area contributed by atoms with E-state index in [-0.39, 0.29) is 23.6 Å². The Balaban J connectivity index is 1.94. The molecule has 1 saturated carbocycles. The summed E-state index contributed by atoms with van der Waals surface area (Å²) >= 11 is 0. The summed E-state index contributed by atoms with van der Waals surface area (Å²) in [4.78, 5) is 2.25. The Bertz CT molecular complexity index is 374. The topological polar surface area (TPSA) is 63.4 Å². The predicted octanol–water partition coefficient (Wildman–Crippen LogP) is 1.01. The summed E-state index contributed by atoms with van der Waals surface area (Å²) in [5.74, 6) is 1.28. The first-order valence-electron chi connectivity index (χ1n) is 7.11. The smallest absolute Gasteiger partial charge is 0.153 e. The van der Waals surface area contributed by atoms with E-state index in [1.807, 2.05) is 0 Å². The summed E-state index contributed by atoms with van der Waals surface area (Å²) in [5.41, 5.74) is 5.99. The zero-order valence-corrected chi connectivity index (χ0v) is 12.3. The average molecular weight is 274 g/mol. The van der Waals surface area contributed by atoms with E-state index in [1.54, 1.807) is 0 Å². The highest BCUT2D eigenvalue weighted by molar-refractivity contribution is 7.91. The van der Waals surface area contributed by atoms with E-state index in [0.717, 1.165) is 5.92 Å². The van der Waals surface area contributed by atoms with Crippen LogP contribution in [0.4, 0.5) is 0 Å². The fraction of sp³-hybridized carbons (Fsp3) is 1.00. The molecular weight excluding hydrogens is 248 g/mol. The molecule has 4 nitrogen and oxygen atoms in total. The van der Waals surface area contributed by atoms with Crippen LogP contribution in [0.1, 0.15) is 39.0 Å². The van der Waals surface area contributed by atoms with Gasteiger partial charge in [0.15, 0.2) is 9.84 Å². The third-order valence-corrected chi connectivity index (χ3v) is 6.60. The van der Waals surface area contributed by atoms with Crippen LogP contribution < -0.4 is 5.73 Å². The molecule has 1 heterocycles. The van der Waals surface area contributed by atoms with Crippen LogP contribution in [0.3, 0.4) is 0 Å². The minimum absolute atomic E-state index is 0.0261. The van der Waals surface area contributed by atoms with Gasteiger partial charge in [0, 0.05) is 18.1 Å². The van der Waals surface area contributed by atoms with Crippen molar-refractivity contribution in [2.75, 3.05) is 18.6 Å². The molecule has 1 aliphatic carbocycles. The Morgan fingerprint density at radius 1 is 1.17 bits per heavy atom. The van der Waals surface area contributed by atoms with E-state index in [4.69, 9.17) is 5.73 Å². The number of nitrogens with two attached hydrogens (primary N) is 1. The van der Waals surface area contributed by atoms with Crippen LogP contribution in [0.2, 0.25) is 0 Å². The molecule has 0 amide bonds. The van der Waals surface area contributed by atoms with Gasteiger partial charge in [0.05, 0.1) is 11.5 Å². The van der Waals surface area contributed by atoms with Crippen molar-refractivity contribution in [1.29, 1.82) is 0 Å². The molecule has 2 rings (SSSR count). The number of nitrogens with zero attached hydrogens (tertiary/aromatic N) is 1. The Morgan fingerprint density at radius 2 is 1.78 bits per heavy atom. The third kappa shape index (κ3) is 3.06. The van der Waals surface area contributed by atoms with Crippen molar-refractivity contribution in [2.45, 2.75) is 57.2 Å². The first kappa shape index (κ1) is 14.3. The monoisotopic (exact) mass is 274 g/mol. The number of hydrogen-bond donors (Lipinski definition) is 1. The molecule has 1 saturated heterocycles. The highest BCUT2D eigenvalue weighted by Crippen LogP contribution is 2.31. The van der Waals surface area contributed by atoms with Gasteiger partial charge in [-0.25, -0.2) is 8.42 Å². The van der Waals surface area contributed by atoms with Gasteiger partial charge in [0.25, 0.3) is 0 Å². The largest absolute Gasteiger partial charge is 0.325 e. The van der Waals surface area contributed by atoms with Gasteiger partial charge in [0.2, 0.25) is 0 Å². The fourth-order valence-electron chi connectivity index (χ4n) is 3.51. The molecule has 0 aromatic heterocycles. The van der Waals surface area contributed by atoms with E-state index in [9.17, 15) is 8.42 Å². The van der Waals surface area contributed by atoms with Crippen LogP contribution in [0.25, 0.3) is 0 Å². The van der Waals surface area contributed by atoms with Gasteiger partial charge >= 0.3 is 0 Å². The maximum atomic E-state index is 11.6. The predicted molar refractivity (Wildman–Crippen MR) is 74.2 cm³/mol. The molecule has 1 aliphatic heterocycles. The van der Waals surface area contributed by atoms with E-state index in [0.29, 0.717) is 6.04 Å². The second kappa shape index (κ2) is 5.47. The fourth-order valence-corrected chi connectivity index (χ4v) is 5.45. The van der Waals surface area contributed by atoms with Crippen LogP contribution in [0, 0.1) is 5.92 Å². The molecule has 2 unspecified atom stereocenters. The average Bonchev–Trinajstić information content (AvgIpc) is 2.62. The van der Waals surface area contributed by atoms with Crippen LogP contribution in [0.5, 0.6) is 0 Å². The lowest BCUT2D eigenvalue weighted by Gasteiger charge is -2.38. The normalized spacial score (nSPS) is 40.2. The van der Waals surface area contributed by atoms with Crippen molar-refractivity contribution < 1.29 is 8.42 Å². The van der Waals surface area contributed by atoms with Crippen LogP contribution in [0.15, 0.2) is 0 Å². The van der Waals surface area contributed by atoms with Gasteiger partial charge < -0.3 is 5.73 Å². The minimum atomic E-state index is -2.91. The van der Waals surface area contributed by atoms with E-state index in [1.165, 1.54) is 32.1 Å². The van der Waals surface area contributed by atoms with Gasteiger partial charge in [0.1, 0.15) is 0 Å². The van der Waals surface area contributed by atoms with Gasteiger partial charge in [-0.1, -0.05) is 13.3 Å². The van der Waals surface area contributed by atoms with E-state index < -0.39 is 9.84 Å². The van der Waals surface area contributed by atoms with Crippen molar-refractivity contribution >= 4 is 9.84 Å². The summed E-state index contributed by atoms with van der Waals surface area (Å²) in [5, 5.41) is 0. The summed E-state index contributed by atoms with van der Waals surface area (Å²) < 4.78 is 23.3. The Morgan fingerprint density at radius 3 is 2.22 bits per heavy atom. The molecule has 0 spiro atoms. The van der Waals surface area contributed by atoms with Crippen molar-refractivity contribution in [3.8, 4) is 0 Å². The Labute approximate surface area is 111 Å². The third-order valence-electron chi connectivity index (χ3n) is 4.86. The molecule has 106 valence electrons. The van der Waals surface area contributed by atoms with Crippen LogP contribution in [-0.4, -0.2) is 50.0 Å². The number of hydrogen-bond acceptors (Lipinski definition) is 4. The first-order chi connectivity index (χ1) is 8.43. The number of likely N-dealkylation sites (N-methyl/N-ethyl adjacent to an activating group) is 1. The number of sulfone groups is 1. The highest BCUT2D eigenvalue weighted by Gasteiger charge is 2.40. The minimum Gasteiger partial charge on any atom is -0.325 e. The quantitative estimate of drug-likeness (QED) is 0.834. The van der Waals surface area contributed by atoms with Gasteiger partial charge in [-0.2, -0.15) is 0 Å². The lowest BCUT2D eigenvalue weighted by atomic mass is 9.83. The van der Waals surface area contributed by atoms with Crippen molar-refractivity contribution in [2.24, 2.45) is 11.7 Å². The molecule has 2 atom stereocenters. The molecule has 2 N–H and O–H groups in total. The SMILES string of the molecule is CCC1CCC(N(C)C2CS(=O)(=O)CC2N)CC1. The maximum absolute atomic E-state index is 11.6. The molecule has 2 fully saturated rings. The molecule has 0 aromatic rings. The molecule has 5 heteroatoms. The lowest BCUT2D eigenvalue weighted by Crippen LogP contribution is -2.50. The summed E-state index contributed by atoms with van der Waals surface area (Å²) in [7, 11) is -0.853. The van der Waals surface area contributed by atoms with Crippen molar-refractivity contribution in [1.82, 2.24) is 4.90 Å². The van der Waals surface area contributed by atoms with Gasteiger partial charge in [-0.05, 0) is 38.6 Å². The molecular formula is C13H26N2O2S. The zero-order valence-electron chi connectivity index (χ0n) is 11.5. The maximum Gasteiger partial charge on any atom is 0.153 e. The van der Waals surface area contributed by atoms with Gasteiger partial charge in [-0.3, -0.25) is 4.90 Å². The zero-order chi connectivity index (χ0) is 13.3. The van der Waals surface area contributed by atoms with Crippen molar-refractivity contribution in [3.05, 3.63) is 0 Å². The second-order valence-electron chi connectivity index (χ2n) is 6.06. The van der Waals surface area contributed by atoms with Crippen LogP contribution in [-0.2, 0) is 9.84 Å². The first-order valence-corrected chi connectivity index (χ1v) is 8.93.